The number of nitrogens with zero attached hydrogens (tertiary/aromatic N) is 1. The predicted octanol–water partition coefficient (Wildman–Crippen LogP) is 1.45. The molecule has 0 aliphatic rings. The molecule has 2 aromatic rings. The molecule has 1 aromatic carbocycles. The lowest BCUT2D eigenvalue weighted by molar-refractivity contribution is 0.251. The van der Waals surface area contributed by atoms with Crippen LogP contribution in [-0.2, 0) is 6.54 Å². The Balaban J connectivity index is 1.90. The number of hydrogen-bond donors (Lipinski definition) is 4. The van der Waals surface area contributed by atoms with Crippen LogP contribution >= 0.6 is 0 Å². The van der Waals surface area contributed by atoms with E-state index in [0.29, 0.717) is 11.4 Å². The zero-order valence-electron chi connectivity index (χ0n) is 9.40. The predicted molar refractivity (Wildman–Crippen MR) is 65.3 cm³/mol. The molecule has 7 heteroatoms. The molecule has 94 valence electrons. The summed E-state index contributed by atoms with van der Waals surface area (Å²) in [6.45, 7) is 0.211. The van der Waals surface area contributed by atoms with E-state index in [-0.39, 0.29) is 12.2 Å². The largest absolute Gasteiger partial charge is 0.384 e. The minimum absolute atomic E-state index is 0.121. The maximum absolute atomic E-state index is 13.3. The van der Waals surface area contributed by atoms with Crippen molar-refractivity contribution in [2.24, 2.45) is 0 Å². The van der Waals surface area contributed by atoms with Crippen LogP contribution in [0, 0.1) is 5.82 Å². The van der Waals surface area contributed by atoms with Crippen molar-refractivity contribution in [3.8, 4) is 0 Å². The molecule has 0 fully saturated rings. The van der Waals surface area contributed by atoms with E-state index in [9.17, 15) is 9.18 Å². The zero-order valence-corrected chi connectivity index (χ0v) is 9.40. The molecule has 6 nitrogen and oxygen atoms in total. The van der Waals surface area contributed by atoms with Crippen molar-refractivity contribution in [1.82, 2.24) is 15.5 Å². The average Bonchev–Trinajstić information content (AvgIpc) is 2.75. The standard InChI is InChI=1S/C11H12FN5O/c12-8-3-1-2-4-9(8)16-11(18)14-5-7-6-15-17-10(7)13/h1-4,6H,5H2,(H3,13,15,17)(H2,14,16,18). The number of rotatable bonds is 3. The first kappa shape index (κ1) is 11.9. The average molecular weight is 249 g/mol. The summed E-state index contributed by atoms with van der Waals surface area (Å²) in [5, 5.41) is 11.2. The van der Waals surface area contributed by atoms with Crippen LogP contribution in [0.1, 0.15) is 5.56 Å². The van der Waals surface area contributed by atoms with Gasteiger partial charge in [0.15, 0.2) is 0 Å². The lowest BCUT2D eigenvalue weighted by Crippen LogP contribution is -2.28. The third kappa shape index (κ3) is 2.76. The van der Waals surface area contributed by atoms with Crippen molar-refractivity contribution in [2.75, 3.05) is 11.1 Å². The highest BCUT2D eigenvalue weighted by molar-refractivity contribution is 5.89. The smallest absolute Gasteiger partial charge is 0.319 e. The van der Waals surface area contributed by atoms with E-state index >= 15 is 0 Å². The molecule has 5 N–H and O–H groups in total. The number of nitrogens with two attached hydrogens (primary N) is 1. The molecule has 18 heavy (non-hydrogen) atoms. The first-order valence-corrected chi connectivity index (χ1v) is 5.24. The summed E-state index contributed by atoms with van der Waals surface area (Å²) in [6, 6.07) is 5.41. The van der Waals surface area contributed by atoms with Crippen LogP contribution < -0.4 is 16.4 Å². The summed E-state index contributed by atoms with van der Waals surface area (Å²) < 4.78 is 13.3. The van der Waals surface area contributed by atoms with Gasteiger partial charge in [-0.1, -0.05) is 12.1 Å². The second-order valence-electron chi connectivity index (χ2n) is 3.60. The number of H-pyrrole nitrogens is 1. The first-order valence-electron chi connectivity index (χ1n) is 5.24. The van der Waals surface area contributed by atoms with E-state index in [2.05, 4.69) is 20.8 Å². The third-order valence-corrected chi connectivity index (χ3v) is 2.31. The molecule has 2 rings (SSSR count). The van der Waals surface area contributed by atoms with Gasteiger partial charge >= 0.3 is 6.03 Å². The van der Waals surface area contributed by atoms with Gasteiger partial charge in [0, 0.05) is 12.1 Å². The molecular formula is C11H12FN5O. The van der Waals surface area contributed by atoms with E-state index in [4.69, 9.17) is 5.73 Å². The maximum atomic E-state index is 13.3. The molecule has 0 spiro atoms. The fourth-order valence-corrected chi connectivity index (χ4v) is 1.37. The Morgan fingerprint density at radius 1 is 1.44 bits per heavy atom. The Hall–Kier alpha value is -2.57. The van der Waals surface area contributed by atoms with Gasteiger partial charge in [-0.05, 0) is 12.1 Å². The fraction of sp³-hybridized carbons (Fsp3) is 0.0909. The summed E-state index contributed by atoms with van der Waals surface area (Å²) in [7, 11) is 0. The number of nitrogens with one attached hydrogen (secondary N) is 3. The van der Waals surface area contributed by atoms with Crippen molar-refractivity contribution in [3.63, 3.8) is 0 Å². The van der Waals surface area contributed by atoms with E-state index in [1.54, 1.807) is 12.1 Å². The Morgan fingerprint density at radius 2 is 2.22 bits per heavy atom. The van der Waals surface area contributed by atoms with Crippen LogP contribution in [0.2, 0.25) is 0 Å². The normalized spacial score (nSPS) is 10.1. The Morgan fingerprint density at radius 3 is 2.89 bits per heavy atom. The zero-order chi connectivity index (χ0) is 13.0. The molecule has 1 aromatic heterocycles. The van der Waals surface area contributed by atoms with Gasteiger partial charge in [-0.2, -0.15) is 5.10 Å². The van der Waals surface area contributed by atoms with Crippen LogP contribution in [0.3, 0.4) is 0 Å². The number of benzene rings is 1. The number of anilines is 2. The number of hydrogen-bond acceptors (Lipinski definition) is 3. The van der Waals surface area contributed by atoms with Crippen LogP contribution in [0.25, 0.3) is 0 Å². The fourth-order valence-electron chi connectivity index (χ4n) is 1.37. The van der Waals surface area contributed by atoms with Gasteiger partial charge in [-0.3, -0.25) is 5.10 Å². The lowest BCUT2D eigenvalue weighted by atomic mass is 10.3. The third-order valence-electron chi connectivity index (χ3n) is 2.31. The highest BCUT2D eigenvalue weighted by Gasteiger charge is 2.07. The number of nitrogen functional groups attached to an aromatic ring is 1. The molecule has 0 bridgehead atoms. The van der Waals surface area contributed by atoms with Crippen LogP contribution in [0.15, 0.2) is 30.5 Å². The molecule has 2 amide bonds. The quantitative estimate of drug-likeness (QED) is 0.663. The maximum Gasteiger partial charge on any atom is 0.319 e. The minimum Gasteiger partial charge on any atom is -0.384 e. The molecule has 0 unspecified atom stereocenters. The van der Waals surface area contributed by atoms with Crippen LogP contribution in [0.4, 0.5) is 20.7 Å². The van der Waals surface area contributed by atoms with Crippen molar-refractivity contribution in [1.29, 1.82) is 0 Å². The van der Waals surface area contributed by atoms with Crippen molar-refractivity contribution in [3.05, 3.63) is 41.8 Å². The molecule has 0 aliphatic heterocycles. The van der Waals surface area contributed by atoms with E-state index < -0.39 is 11.8 Å². The van der Waals surface area contributed by atoms with Gasteiger partial charge in [0.1, 0.15) is 11.6 Å². The number of carbonyl (C=O) groups excluding carboxylic acids is 1. The van der Waals surface area contributed by atoms with E-state index in [0.717, 1.165) is 0 Å². The summed E-state index contributed by atoms with van der Waals surface area (Å²) in [6.07, 6.45) is 1.51. The minimum atomic E-state index is -0.513. The highest BCUT2D eigenvalue weighted by Crippen LogP contribution is 2.12. The second kappa shape index (κ2) is 5.17. The Bertz CT molecular complexity index is 554. The number of aromatic amines is 1. The molecular weight excluding hydrogens is 237 g/mol. The highest BCUT2D eigenvalue weighted by atomic mass is 19.1. The van der Waals surface area contributed by atoms with Crippen molar-refractivity contribution in [2.45, 2.75) is 6.54 Å². The summed E-state index contributed by atoms with van der Waals surface area (Å²) in [5.74, 6) is -0.100. The summed E-state index contributed by atoms with van der Waals surface area (Å²) in [4.78, 5) is 11.5. The van der Waals surface area contributed by atoms with Crippen LogP contribution in [0.5, 0.6) is 0 Å². The molecule has 0 aliphatic carbocycles. The van der Waals surface area contributed by atoms with E-state index in [1.807, 2.05) is 0 Å². The van der Waals surface area contributed by atoms with Crippen molar-refractivity contribution < 1.29 is 9.18 Å². The lowest BCUT2D eigenvalue weighted by Gasteiger charge is -2.07. The number of halogens is 1. The summed E-state index contributed by atoms with van der Waals surface area (Å²) >= 11 is 0. The van der Waals surface area contributed by atoms with Gasteiger partial charge < -0.3 is 16.4 Å². The molecule has 0 saturated carbocycles. The van der Waals surface area contributed by atoms with Gasteiger partial charge in [0.25, 0.3) is 0 Å². The van der Waals surface area contributed by atoms with Crippen molar-refractivity contribution >= 4 is 17.5 Å². The molecule has 0 saturated heterocycles. The number of para-hydroxylation sites is 1. The monoisotopic (exact) mass is 249 g/mol. The van der Waals surface area contributed by atoms with Gasteiger partial charge in [0.2, 0.25) is 0 Å². The molecule has 0 atom stereocenters. The topological polar surface area (TPSA) is 95.8 Å². The molecule has 1 heterocycles. The first-order chi connectivity index (χ1) is 8.66. The number of aromatic nitrogens is 2. The van der Waals surface area contributed by atoms with E-state index in [1.165, 1.54) is 18.3 Å². The van der Waals surface area contributed by atoms with Crippen LogP contribution in [-0.4, -0.2) is 16.2 Å². The Labute approximate surface area is 102 Å². The molecule has 0 radical (unpaired) electrons. The summed E-state index contributed by atoms with van der Waals surface area (Å²) in [5.41, 5.74) is 6.34. The number of amides is 2. The van der Waals surface area contributed by atoms with Gasteiger partial charge in [0.05, 0.1) is 11.9 Å². The number of urea groups is 1. The van der Waals surface area contributed by atoms with Gasteiger partial charge in [-0.25, -0.2) is 9.18 Å². The number of carbonyl (C=O) groups is 1. The van der Waals surface area contributed by atoms with Gasteiger partial charge in [-0.15, -0.1) is 0 Å². The second-order valence-corrected chi connectivity index (χ2v) is 3.60. The Kier molecular flexibility index (Phi) is 3.42. The SMILES string of the molecule is Nc1[nH]ncc1CNC(=O)Nc1ccccc1F.